The average molecular weight is 180 g/mol. The number of hydrogen-bond donors (Lipinski definition) is 2. The summed E-state index contributed by atoms with van der Waals surface area (Å²) in [6.07, 6.45) is 1.48. The third-order valence-electron chi connectivity index (χ3n) is 1.85. The van der Waals surface area contributed by atoms with Crippen LogP contribution in [-0.4, -0.2) is 22.7 Å². The van der Waals surface area contributed by atoms with Crippen LogP contribution < -0.4 is 5.32 Å². The van der Waals surface area contributed by atoms with E-state index >= 15 is 0 Å². The number of rotatable bonds is 4. The maximum Gasteiger partial charge on any atom is 0.0636 e. The van der Waals surface area contributed by atoms with Crippen molar-refractivity contribution in [2.45, 2.75) is 26.5 Å². The highest BCUT2D eigenvalue weighted by molar-refractivity contribution is 5.17. The molecule has 0 amide bonds. The standard InChI is InChI=1S/C10H16N2O/c1-8-4-3-5-12-10(8)7-11-6-9(2)13/h3-5,9,11,13H,6-7H2,1-2H3/t9-/m0/s1. The van der Waals surface area contributed by atoms with E-state index in [1.165, 1.54) is 5.56 Å². The SMILES string of the molecule is Cc1cccnc1CNC[C@H](C)O. The lowest BCUT2D eigenvalue weighted by Gasteiger charge is -2.07. The minimum Gasteiger partial charge on any atom is -0.392 e. The zero-order valence-electron chi connectivity index (χ0n) is 8.12. The molecule has 0 unspecified atom stereocenters. The van der Waals surface area contributed by atoms with Crippen molar-refractivity contribution in [3.63, 3.8) is 0 Å². The van der Waals surface area contributed by atoms with Gasteiger partial charge in [0, 0.05) is 19.3 Å². The van der Waals surface area contributed by atoms with Crippen molar-refractivity contribution in [3.8, 4) is 0 Å². The van der Waals surface area contributed by atoms with Crippen molar-refractivity contribution in [1.29, 1.82) is 0 Å². The third-order valence-corrected chi connectivity index (χ3v) is 1.85. The van der Waals surface area contributed by atoms with Crippen LogP contribution in [0.1, 0.15) is 18.2 Å². The van der Waals surface area contributed by atoms with E-state index < -0.39 is 0 Å². The number of aryl methyl sites for hydroxylation is 1. The van der Waals surface area contributed by atoms with Crippen LogP contribution in [0.5, 0.6) is 0 Å². The summed E-state index contributed by atoms with van der Waals surface area (Å²) in [7, 11) is 0. The summed E-state index contributed by atoms with van der Waals surface area (Å²) in [4.78, 5) is 4.23. The van der Waals surface area contributed by atoms with Crippen molar-refractivity contribution < 1.29 is 5.11 Å². The van der Waals surface area contributed by atoms with Gasteiger partial charge in [-0.25, -0.2) is 0 Å². The van der Waals surface area contributed by atoms with Gasteiger partial charge in [-0.2, -0.15) is 0 Å². The molecule has 0 aliphatic heterocycles. The Hall–Kier alpha value is -0.930. The van der Waals surface area contributed by atoms with Crippen molar-refractivity contribution >= 4 is 0 Å². The molecular formula is C10H16N2O. The molecule has 1 rings (SSSR count). The summed E-state index contributed by atoms with van der Waals surface area (Å²) in [5.41, 5.74) is 2.23. The second-order valence-electron chi connectivity index (χ2n) is 3.25. The number of nitrogens with zero attached hydrogens (tertiary/aromatic N) is 1. The molecule has 0 radical (unpaired) electrons. The summed E-state index contributed by atoms with van der Waals surface area (Å²) in [5.74, 6) is 0. The second kappa shape index (κ2) is 4.94. The first kappa shape index (κ1) is 10.2. The molecule has 3 nitrogen and oxygen atoms in total. The summed E-state index contributed by atoms with van der Waals surface area (Å²) < 4.78 is 0. The second-order valence-corrected chi connectivity index (χ2v) is 3.25. The molecule has 0 aromatic carbocycles. The Morgan fingerprint density at radius 2 is 2.38 bits per heavy atom. The molecule has 1 aromatic rings. The van der Waals surface area contributed by atoms with Gasteiger partial charge in [-0.3, -0.25) is 4.98 Å². The minimum absolute atomic E-state index is 0.302. The summed E-state index contributed by atoms with van der Waals surface area (Å²) >= 11 is 0. The van der Waals surface area contributed by atoms with E-state index in [2.05, 4.69) is 10.3 Å². The molecule has 0 saturated heterocycles. The number of hydrogen-bond acceptors (Lipinski definition) is 3. The summed E-state index contributed by atoms with van der Waals surface area (Å²) in [6.45, 7) is 5.12. The predicted molar refractivity (Wildman–Crippen MR) is 52.4 cm³/mol. The van der Waals surface area contributed by atoms with Gasteiger partial charge in [0.25, 0.3) is 0 Å². The fourth-order valence-electron chi connectivity index (χ4n) is 1.10. The fraction of sp³-hybridized carbons (Fsp3) is 0.500. The number of pyridine rings is 1. The first-order chi connectivity index (χ1) is 6.20. The zero-order chi connectivity index (χ0) is 9.68. The average Bonchev–Trinajstić information content (AvgIpc) is 2.08. The smallest absolute Gasteiger partial charge is 0.0636 e. The molecule has 1 atom stereocenters. The number of aromatic nitrogens is 1. The van der Waals surface area contributed by atoms with Crippen LogP contribution in [-0.2, 0) is 6.54 Å². The Balaban J connectivity index is 2.41. The number of nitrogens with one attached hydrogen (secondary N) is 1. The lowest BCUT2D eigenvalue weighted by Crippen LogP contribution is -2.24. The zero-order valence-corrected chi connectivity index (χ0v) is 8.12. The van der Waals surface area contributed by atoms with Crippen molar-refractivity contribution in [2.24, 2.45) is 0 Å². The largest absolute Gasteiger partial charge is 0.392 e. The topological polar surface area (TPSA) is 45.2 Å². The Kier molecular flexibility index (Phi) is 3.86. The quantitative estimate of drug-likeness (QED) is 0.722. The molecule has 3 heteroatoms. The van der Waals surface area contributed by atoms with Crippen LogP contribution >= 0.6 is 0 Å². The van der Waals surface area contributed by atoms with Gasteiger partial charge >= 0.3 is 0 Å². The first-order valence-electron chi connectivity index (χ1n) is 4.49. The highest BCUT2D eigenvalue weighted by atomic mass is 16.3. The van der Waals surface area contributed by atoms with E-state index in [-0.39, 0.29) is 6.10 Å². The Bertz CT molecular complexity index is 261. The molecule has 0 aliphatic carbocycles. The van der Waals surface area contributed by atoms with E-state index in [1.807, 2.05) is 19.1 Å². The Labute approximate surface area is 78.8 Å². The third kappa shape index (κ3) is 3.53. The molecule has 2 N–H and O–H groups in total. The Morgan fingerprint density at radius 3 is 3.00 bits per heavy atom. The van der Waals surface area contributed by atoms with E-state index in [4.69, 9.17) is 5.11 Å². The molecule has 1 aromatic heterocycles. The molecule has 72 valence electrons. The molecule has 0 aliphatic rings. The fourth-order valence-corrected chi connectivity index (χ4v) is 1.10. The monoisotopic (exact) mass is 180 g/mol. The molecular weight excluding hydrogens is 164 g/mol. The van der Waals surface area contributed by atoms with Crippen LogP contribution in [0.2, 0.25) is 0 Å². The normalized spacial score (nSPS) is 12.8. The summed E-state index contributed by atoms with van der Waals surface area (Å²) in [6, 6.07) is 3.96. The van der Waals surface area contributed by atoms with Crippen molar-refractivity contribution in [1.82, 2.24) is 10.3 Å². The highest BCUT2D eigenvalue weighted by Gasteiger charge is 1.99. The van der Waals surface area contributed by atoms with E-state index in [0.717, 1.165) is 12.2 Å². The maximum atomic E-state index is 9.02. The molecule has 0 fully saturated rings. The van der Waals surface area contributed by atoms with Crippen molar-refractivity contribution in [3.05, 3.63) is 29.6 Å². The van der Waals surface area contributed by atoms with Crippen LogP contribution in [0, 0.1) is 6.92 Å². The molecule has 0 saturated carbocycles. The Morgan fingerprint density at radius 1 is 1.62 bits per heavy atom. The van der Waals surface area contributed by atoms with Gasteiger partial charge in [0.15, 0.2) is 0 Å². The van der Waals surface area contributed by atoms with Crippen molar-refractivity contribution in [2.75, 3.05) is 6.54 Å². The van der Waals surface area contributed by atoms with E-state index in [0.29, 0.717) is 6.54 Å². The lowest BCUT2D eigenvalue weighted by atomic mass is 10.2. The van der Waals surface area contributed by atoms with Crippen LogP contribution in [0.3, 0.4) is 0 Å². The molecule has 1 heterocycles. The van der Waals surface area contributed by atoms with Gasteiger partial charge in [-0.15, -0.1) is 0 Å². The number of aliphatic hydroxyl groups excluding tert-OH is 1. The summed E-state index contributed by atoms with van der Waals surface area (Å²) in [5, 5.41) is 12.1. The maximum absolute atomic E-state index is 9.02. The van der Waals surface area contributed by atoms with Gasteiger partial charge in [0.1, 0.15) is 0 Å². The van der Waals surface area contributed by atoms with E-state index in [1.54, 1.807) is 13.1 Å². The van der Waals surface area contributed by atoms with Gasteiger partial charge in [0.2, 0.25) is 0 Å². The van der Waals surface area contributed by atoms with Gasteiger partial charge in [-0.05, 0) is 25.5 Å². The lowest BCUT2D eigenvalue weighted by molar-refractivity contribution is 0.191. The van der Waals surface area contributed by atoms with E-state index in [9.17, 15) is 0 Å². The minimum atomic E-state index is -0.302. The van der Waals surface area contributed by atoms with Gasteiger partial charge in [-0.1, -0.05) is 6.07 Å². The molecule has 13 heavy (non-hydrogen) atoms. The van der Waals surface area contributed by atoms with Gasteiger partial charge in [0.05, 0.1) is 11.8 Å². The highest BCUT2D eigenvalue weighted by Crippen LogP contribution is 2.01. The molecule has 0 bridgehead atoms. The van der Waals surface area contributed by atoms with Crippen LogP contribution in [0.15, 0.2) is 18.3 Å². The van der Waals surface area contributed by atoms with Crippen LogP contribution in [0.4, 0.5) is 0 Å². The molecule has 0 spiro atoms. The predicted octanol–water partition coefficient (Wildman–Crippen LogP) is 0.860. The first-order valence-corrected chi connectivity index (χ1v) is 4.49. The van der Waals surface area contributed by atoms with Crippen LogP contribution in [0.25, 0.3) is 0 Å². The van der Waals surface area contributed by atoms with Gasteiger partial charge < -0.3 is 10.4 Å². The number of aliphatic hydroxyl groups is 1.